The summed E-state index contributed by atoms with van der Waals surface area (Å²) in [6, 6.07) is 14.0. The summed E-state index contributed by atoms with van der Waals surface area (Å²) in [7, 11) is 0. The van der Waals surface area contributed by atoms with Crippen LogP contribution in [0.3, 0.4) is 0 Å². The SMILES string of the molecule is CC(=O)Nc1ccc(CNC(=O)CN2CC[C@@H]2c2ccc(F)cc2)cc1. The summed E-state index contributed by atoms with van der Waals surface area (Å²) in [5.41, 5.74) is 2.74. The van der Waals surface area contributed by atoms with Gasteiger partial charge in [-0.05, 0) is 41.8 Å². The summed E-state index contributed by atoms with van der Waals surface area (Å²) < 4.78 is 13.0. The molecule has 0 aliphatic carbocycles. The molecule has 2 aromatic carbocycles. The van der Waals surface area contributed by atoms with E-state index in [1.54, 1.807) is 12.1 Å². The van der Waals surface area contributed by atoms with E-state index in [2.05, 4.69) is 15.5 Å². The normalized spacial score (nSPS) is 16.6. The van der Waals surface area contributed by atoms with Gasteiger partial charge in [0, 0.05) is 31.7 Å². The highest BCUT2D eigenvalue weighted by Crippen LogP contribution is 2.32. The molecule has 0 bridgehead atoms. The number of anilines is 1. The lowest BCUT2D eigenvalue weighted by atomic mass is 9.95. The predicted molar refractivity (Wildman–Crippen MR) is 97.9 cm³/mol. The van der Waals surface area contributed by atoms with Crippen LogP contribution in [-0.2, 0) is 16.1 Å². The fourth-order valence-corrected chi connectivity index (χ4v) is 3.04. The van der Waals surface area contributed by atoms with E-state index < -0.39 is 0 Å². The lowest BCUT2D eigenvalue weighted by Crippen LogP contribution is -2.46. The van der Waals surface area contributed by atoms with E-state index in [1.807, 2.05) is 24.3 Å². The first-order valence-corrected chi connectivity index (χ1v) is 8.64. The molecule has 0 aromatic heterocycles. The number of likely N-dealkylation sites (tertiary alicyclic amines) is 1. The molecule has 3 rings (SSSR count). The lowest BCUT2D eigenvalue weighted by molar-refractivity contribution is -0.124. The molecule has 1 heterocycles. The average molecular weight is 355 g/mol. The van der Waals surface area contributed by atoms with Crippen LogP contribution in [0, 0.1) is 5.82 Å². The van der Waals surface area contributed by atoms with E-state index in [4.69, 9.17) is 0 Å². The molecule has 6 heteroatoms. The van der Waals surface area contributed by atoms with Crippen LogP contribution in [0.2, 0.25) is 0 Å². The Morgan fingerprint density at radius 2 is 1.81 bits per heavy atom. The molecular weight excluding hydrogens is 333 g/mol. The predicted octanol–water partition coefficient (Wildman–Crippen LogP) is 2.85. The van der Waals surface area contributed by atoms with Gasteiger partial charge in [-0.15, -0.1) is 0 Å². The second-order valence-electron chi connectivity index (χ2n) is 6.48. The molecule has 2 N–H and O–H groups in total. The van der Waals surface area contributed by atoms with Gasteiger partial charge in [-0.3, -0.25) is 14.5 Å². The van der Waals surface area contributed by atoms with Gasteiger partial charge in [0.2, 0.25) is 11.8 Å². The standard InChI is InChI=1S/C20H22FN3O2/c1-14(25)23-18-8-2-15(3-9-18)12-22-20(26)13-24-11-10-19(24)16-4-6-17(21)7-5-16/h2-9,19H,10-13H2,1H3,(H,22,26)(H,23,25)/t19-/m1/s1. The van der Waals surface area contributed by atoms with Crippen molar-refractivity contribution in [2.45, 2.75) is 25.9 Å². The number of carbonyl (C=O) groups is 2. The molecule has 1 saturated heterocycles. The number of hydrogen-bond acceptors (Lipinski definition) is 3. The number of carbonyl (C=O) groups excluding carboxylic acids is 2. The van der Waals surface area contributed by atoms with E-state index in [0.717, 1.165) is 29.8 Å². The number of hydrogen-bond donors (Lipinski definition) is 2. The topological polar surface area (TPSA) is 61.4 Å². The van der Waals surface area contributed by atoms with Crippen molar-refractivity contribution in [1.29, 1.82) is 0 Å². The summed E-state index contributed by atoms with van der Waals surface area (Å²) in [5.74, 6) is -0.402. The Balaban J connectivity index is 1.47. The molecule has 5 nitrogen and oxygen atoms in total. The number of amides is 2. The summed E-state index contributed by atoms with van der Waals surface area (Å²) >= 11 is 0. The second kappa shape index (κ2) is 8.10. The summed E-state index contributed by atoms with van der Waals surface area (Å²) in [5, 5.41) is 5.62. The third kappa shape index (κ3) is 4.67. The Morgan fingerprint density at radius 3 is 2.38 bits per heavy atom. The Morgan fingerprint density at radius 1 is 1.12 bits per heavy atom. The summed E-state index contributed by atoms with van der Waals surface area (Å²) in [6.07, 6.45) is 0.976. The minimum absolute atomic E-state index is 0.0391. The van der Waals surface area contributed by atoms with Gasteiger partial charge in [0.25, 0.3) is 0 Å². The maximum absolute atomic E-state index is 13.0. The van der Waals surface area contributed by atoms with Crippen LogP contribution in [-0.4, -0.2) is 29.8 Å². The van der Waals surface area contributed by atoms with Gasteiger partial charge in [0.1, 0.15) is 5.82 Å². The van der Waals surface area contributed by atoms with E-state index >= 15 is 0 Å². The first-order chi connectivity index (χ1) is 12.5. The third-order valence-corrected chi connectivity index (χ3v) is 4.50. The maximum atomic E-state index is 13.0. The van der Waals surface area contributed by atoms with Gasteiger partial charge in [-0.25, -0.2) is 4.39 Å². The maximum Gasteiger partial charge on any atom is 0.234 e. The number of nitrogens with one attached hydrogen (secondary N) is 2. The summed E-state index contributed by atoms with van der Waals surface area (Å²) in [6.45, 7) is 3.09. The number of rotatable bonds is 6. The third-order valence-electron chi connectivity index (χ3n) is 4.50. The molecule has 0 radical (unpaired) electrons. The fraction of sp³-hybridized carbons (Fsp3) is 0.300. The second-order valence-corrected chi connectivity index (χ2v) is 6.48. The molecule has 2 amide bonds. The molecular formula is C20H22FN3O2. The zero-order valence-electron chi connectivity index (χ0n) is 14.7. The van der Waals surface area contributed by atoms with Crippen LogP contribution in [0.5, 0.6) is 0 Å². The van der Waals surface area contributed by atoms with Gasteiger partial charge in [-0.2, -0.15) is 0 Å². The lowest BCUT2D eigenvalue weighted by Gasteiger charge is -2.40. The van der Waals surface area contributed by atoms with Crippen LogP contribution in [0.25, 0.3) is 0 Å². The fourth-order valence-electron chi connectivity index (χ4n) is 3.04. The molecule has 0 saturated carbocycles. The molecule has 1 atom stereocenters. The largest absolute Gasteiger partial charge is 0.351 e. The Hall–Kier alpha value is -2.73. The monoisotopic (exact) mass is 355 g/mol. The van der Waals surface area contributed by atoms with Crippen LogP contribution < -0.4 is 10.6 Å². The average Bonchev–Trinajstić information content (AvgIpc) is 2.59. The number of halogens is 1. The van der Waals surface area contributed by atoms with Gasteiger partial charge in [-0.1, -0.05) is 24.3 Å². The van der Waals surface area contributed by atoms with Gasteiger partial charge >= 0.3 is 0 Å². The molecule has 26 heavy (non-hydrogen) atoms. The van der Waals surface area contributed by atoms with Gasteiger partial charge in [0.05, 0.1) is 6.54 Å². The molecule has 1 fully saturated rings. The van der Waals surface area contributed by atoms with Crippen molar-refractivity contribution in [3.63, 3.8) is 0 Å². The highest BCUT2D eigenvalue weighted by Gasteiger charge is 2.30. The van der Waals surface area contributed by atoms with Crippen LogP contribution in [0.4, 0.5) is 10.1 Å². The minimum atomic E-state index is -0.248. The van der Waals surface area contributed by atoms with Crippen LogP contribution in [0.1, 0.15) is 30.5 Å². The Kier molecular flexibility index (Phi) is 5.63. The van der Waals surface area contributed by atoms with Gasteiger partial charge < -0.3 is 10.6 Å². The van der Waals surface area contributed by atoms with Crippen LogP contribution in [0.15, 0.2) is 48.5 Å². The van der Waals surface area contributed by atoms with Crippen molar-refractivity contribution < 1.29 is 14.0 Å². The zero-order valence-corrected chi connectivity index (χ0v) is 14.7. The van der Waals surface area contributed by atoms with Crippen molar-refractivity contribution in [2.24, 2.45) is 0 Å². The summed E-state index contributed by atoms with van der Waals surface area (Å²) in [4.78, 5) is 25.3. The molecule has 0 unspecified atom stereocenters. The highest BCUT2D eigenvalue weighted by atomic mass is 19.1. The smallest absolute Gasteiger partial charge is 0.234 e. The number of nitrogens with zero attached hydrogens (tertiary/aromatic N) is 1. The molecule has 0 spiro atoms. The van der Waals surface area contributed by atoms with Crippen molar-refractivity contribution in [3.05, 3.63) is 65.5 Å². The first-order valence-electron chi connectivity index (χ1n) is 8.64. The van der Waals surface area contributed by atoms with Crippen molar-refractivity contribution in [2.75, 3.05) is 18.4 Å². The molecule has 2 aromatic rings. The molecule has 1 aliphatic heterocycles. The molecule has 136 valence electrons. The van der Waals surface area contributed by atoms with E-state index in [1.165, 1.54) is 19.1 Å². The van der Waals surface area contributed by atoms with Gasteiger partial charge in [0.15, 0.2) is 0 Å². The van der Waals surface area contributed by atoms with E-state index in [-0.39, 0.29) is 23.7 Å². The zero-order chi connectivity index (χ0) is 18.5. The number of benzene rings is 2. The Labute approximate surface area is 152 Å². The van der Waals surface area contributed by atoms with E-state index in [9.17, 15) is 14.0 Å². The first kappa shape index (κ1) is 18.1. The van der Waals surface area contributed by atoms with Crippen LogP contribution >= 0.6 is 0 Å². The highest BCUT2D eigenvalue weighted by molar-refractivity contribution is 5.88. The Bertz CT molecular complexity index is 775. The van der Waals surface area contributed by atoms with E-state index in [0.29, 0.717) is 13.1 Å². The van der Waals surface area contributed by atoms with Crippen molar-refractivity contribution in [3.8, 4) is 0 Å². The van der Waals surface area contributed by atoms with Crippen molar-refractivity contribution >= 4 is 17.5 Å². The minimum Gasteiger partial charge on any atom is -0.351 e. The van der Waals surface area contributed by atoms with Crippen molar-refractivity contribution in [1.82, 2.24) is 10.2 Å². The molecule has 1 aliphatic rings. The quantitative estimate of drug-likeness (QED) is 0.838.